The zero-order chi connectivity index (χ0) is 20.8. The first kappa shape index (κ1) is 17.5. The molecule has 0 fully saturated rings. The van der Waals surface area contributed by atoms with Gasteiger partial charge in [-0.15, -0.1) is 0 Å². The first-order chi connectivity index (χ1) is 15.3. The molecule has 31 heavy (non-hydrogen) atoms. The predicted octanol–water partition coefficient (Wildman–Crippen LogP) is 4.93. The Labute approximate surface area is 177 Å². The number of H-pyrrole nitrogens is 2. The fourth-order valence-electron chi connectivity index (χ4n) is 3.90. The van der Waals surface area contributed by atoms with E-state index in [1.807, 2.05) is 48.9 Å². The van der Waals surface area contributed by atoms with Crippen LogP contribution in [0.1, 0.15) is 5.56 Å². The number of aromatic nitrogens is 7. The number of nitrogens with one attached hydrogen (secondary N) is 2. The molecule has 0 spiro atoms. The molecule has 0 atom stereocenters. The Hall–Kier alpha value is -4.39. The fourth-order valence-corrected chi connectivity index (χ4v) is 3.90. The minimum absolute atomic E-state index is 0.694. The molecule has 7 heteroatoms. The summed E-state index contributed by atoms with van der Waals surface area (Å²) in [6, 6.07) is 14.1. The standard InChI is InChI=1S/C24H17N7/c1-14-7-9-26-13-19(14)16-10-18-22(30-31-23(18)27-12-16)24-28-20-6-2-5-17(21(20)29-24)15-4-3-8-25-11-15/h2-13H,1H3,(H,28,29)(H,27,30,31). The summed E-state index contributed by atoms with van der Waals surface area (Å²) >= 11 is 0. The van der Waals surface area contributed by atoms with Gasteiger partial charge in [-0.1, -0.05) is 18.2 Å². The molecule has 0 aliphatic rings. The summed E-state index contributed by atoms with van der Waals surface area (Å²) in [5.74, 6) is 0.694. The van der Waals surface area contributed by atoms with Crippen LogP contribution in [0.2, 0.25) is 0 Å². The lowest BCUT2D eigenvalue weighted by Crippen LogP contribution is -1.87. The molecular formula is C24H17N7. The van der Waals surface area contributed by atoms with Crippen molar-refractivity contribution in [2.24, 2.45) is 0 Å². The molecule has 0 radical (unpaired) electrons. The molecule has 0 saturated heterocycles. The summed E-state index contributed by atoms with van der Waals surface area (Å²) in [7, 11) is 0. The topological polar surface area (TPSA) is 96.0 Å². The average molecular weight is 403 g/mol. The normalized spacial score (nSPS) is 11.4. The van der Waals surface area contributed by atoms with E-state index in [0.717, 1.165) is 49.9 Å². The van der Waals surface area contributed by atoms with Crippen molar-refractivity contribution in [2.45, 2.75) is 6.92 Å². The van der Waals surface area contributed by atoms with Crippen LogP contribution < -0.4 is 0 Å². The molecule has 0 saturated carbocycles. The number of fused-ring (bicyclic) bond motifs is 2. The second-order valence-electron chi connectivity index (χ2n) is 7.41. The van der Waals surface area contributed by atoms with E-state index in [4.69, 9.17) is 4.98 Å². The molecule has 0 amide bonds. The highest BCUT2D eigenvalue weighted by Crippen LogP contribution is 2.32. The van der Waals surface area contributed by atoms with Crippen LogP contribution in [0.15, 0.2) is 73.4 Å². The van der Waals surface area contributed by atoms with Crippen molar-refractivity contribution in [2.75, 3.05) is 0 Å². The Morgan fingerprint density at radius 1 is 0.839 bits per heavy atom. The molecule has 6 rings (SSSR count). The smallest absolute Gasteiger partial charge is 0.159 e. The molecule has 0 aliphatic carbocycles. The second-order valence-corrected chi connectivity index (χ2v) is 7.41. The van der Waals surface area contributed by atoms with Gasteiger partial charge in [-0.05, 0) is 36.8 Å². The highest BCUT2D eigenvalue weighted by atomic mass is 15.2. The van der Waals surface area contributed by atoms with E-state index in [1.165, 1.54) is 0 Å². The van der Waals surface area contributed by atoms with Crippen molar-refractivity contribution in [3.63, 3.8) is 0 Å². The zero-order valence-electron chi connectivity index (χ0n) is 16.7. The summed E-state index contributed by atoms with van der Waals surface area (Å²) < 4.78 is 0. The number of hydrogen-bond donors (Lipinski definition) is 2. The first-order valence-electron chi connectivity index (χ1n) is 9.92. The van der Waals surface area contributed by atoms with E-state index in [2.05, 4.69) is 49.2 Å². The summed E-state index contributed by atoms with van der Waals surface area (Å²) in [5.41, 5.74) is 8.51. The van der Waals surface area contributed by atoms with Crippen molar-refractivity contribution >= 4 is 22.1 Å². The maximum absolute atomic E-state index is 4.90. The zero-order valence-corrected chi connectivity index (χ0v) is 16.7. The number of para-hydroxylation sites is 1. The van der Waals surface area contributed by atoms with Gasteiger partial charge in [-0.3, -0.25) is 15.1 Å². The number of pyridine rings is 3. The maximum Gasteiger partial charge on any atom is 0.159 e. The lowest BCUT2D eigenvalue weighted by molar-refractivity contribution is 1.09. The molecule has 1 aromatic carbocycles. The number of aryl methyl sites for hydroxylation is 1. The van der Waals surface area contributed by atoms with Crippen molar-refractivity contribution in [1.82, 2.24) is 35.1 Å². The molecule has 5 aromatic heterocycles. The summed E-state index contributed by atoms with van der Waals surface area (Å²) in [4.78, 5) is 21.4. The summed E-state index contributed by atoms with van der Waals surface area (Å²) in [6.07, 6.45) is 9.11. The molecule has 7 nitrogen and oxygen atoms in total. The van der Waals surface area contributed by atoms with Crippen molar-refractivity contribution < 1.29 is 0 Å². The van der Waals surface area contributed by atoms with Gasteiger partial charge in [0.1, 0.15) is 5.69 Å². The van der Waals surface area contributed by atoms with Gasteiger partial charge in [-0.25, -0.2) is 9.97 Å². The number of nitrogens with zero attached hydrogens (tertiary/aromatic N) is 5. The Balaban J connectivity index is 1.52. The molecule has 148 valence electrons. The Bertz CT molecular complexity index is 1550. The van der Waals surface area contributed by atoms with E-state index >= 15 is 0 Å². The van der Waals surface area contributed by atoms with Gasteiger partial charge >= 0.3 is 0 Å². The Kier molecular flexibility index (Phi) is 3.86. The van der Waals surface area contributed by atoms with Gasteiger partial charge in [0, 0.05) is 53.2 Å². The first-order valence-corrected chi connectivity index (χ1v) is 9.92. The number of benzene rings is 1. The minimum atomic E-state index is 0.694. The van der Waals surface area contributed by atoms with Crippen LogP contribution in [-0.4, -0.2) is 35.1 Å². The van der Waals surface area contributed by atoms with Crippen molar-refractivity contribution in [3.8, 4) is 33.8 Å². The fraction of sp³-hybridized carbons (Fsp3) is 0.0417. The van der Waals surface area contributed by atoms with Crippen LogP contribution in [0.4, 0.5) is 0 Å². The van der Waals surface area contributed by atoms with Crippen LogP contribution in [0.5, 0.6) is 0 Å². The molecule has 5 heterocycles. The van der Waals surface area contributed by atoms with Crippen molar-refractivity contribution in [3.05, 3.63) is 79.0 Å². The van der Waals surface area contributed by atoms with E-state index in [0.29, 0.717) is 11.5 Å². The monoisotopic (exact) mass is 403 g/mol. The van der Waals surface area contributed by atoms with E-state index in [1.54, 1.807) is 12.4 Å². The molecule has 6 aromatic rings. The highest BCUT2D eigenvalue weighted by Gasteiger charge is 2.16. The number of hydrogen-bond acceptors (Lipinski definition) is 5. The van der Waals surface area contributed by atoms with Crippen LogP contribution in [0, 0.1) is 6.92 Å². The molecule has 0 unspecified atom stereocenters. The van der Waals surface area contributed by atoms with E-state index in [-0.39, 0.29) is 0 Å². The van der Waals surface area contributed by atoms with Gasteiger partial charge in [-0.2, -0.15) is 5.10 Å². The van der Waals surface area contributed by atoms with Gasteiger partial charge in [0.25, 0.3) is 0 Å². The van der Waals surface area contributed by atoms with Gasteiger partial charge in [0.05, 0.1) is 16.4 Å². The third-order valence-electron chi connectivity index (χ3n) is 5.48. The van der Waals surface area contributed by atoms with E-state index in [9.17, 15) is 0 Å². The second kappa shape index (κ2) is 6.84. The summed E-state index contributed by atoms with van der Waals surface area (Å²) in [5, 5.41) is 8.44. The Morgan fingerprint density at radius 2 is 1.77 bits per heavy atom. The number of imidazole rings is 1. The van der Waals surface area contributed by atoms with Gasteiger partial charge in [0.2, 0.25) is 0 Å². The quantitative estimate of drug-likeness (QED) is 0.437. The van der Waals surface area contributed by atoms with Crippen LogP contribution in [0.3, 0.4) is 0 Å². The van der Waals surface area contributed by atoms with E-state index < -0.39 is 0 Å². The number of aromatic amines is 2. The third-order valence-corrected chi connectivity index (χ3v) is 5.48. The largest absolute Gasteiger partial charge is 0.337 e. The van der Waals surface area contributed by atoms with Crippen molar-refractivity contribution in [1.29, 1.82) is 0 Å². The van der Waals surface area contributed by atoms with Crippen LogP contribution >= 0.6 is 0 Å². The average Bonchev–Trinajstić information content (AvgIpc) is 3.43. The Morgan fingerprint density at radius 3 is 2.65 bits per heavy atom. The molecule has 2 N–H and O–H groups in total. The maximum atomic E-state index is 4.90. The summed E-state index contributed by atoms with van der Waals surface area (Å²) in [6.45, 7) is 2.07. The SMILES string of the molecule is Cc1ccncc1-c1cnc2[nH]nc(-c3nc4c(-c5cccnc5)cccc4[nH]3)c2c1. The molecular weight excluding hydrogens is 386 g/mol. The van der Waals surface area contributed by atoms with Gasteiger partial charge < -0.3 is 4.98 Å². The lowest BCUT2D eigenvalue weighted by atomic mass is 10.0. The van der Waals surface area contributed by atoms with Gasteiger partial charge in [0.15, 0.2) is 11.5 Å². The predicted molar refractivity (Wildman–Crippen MR) is 120 cm³/mol. The highest BCUT2D eigenvalue weighted by molar-refractivity contribution is 5.97. The lowest BCUT2D eigenvalue weighted by Gasteiger charge is -2.04. The van der Waals surface area contributed by atoms with Crippen LogP contribution in [0.25, 0.3) is 55.8 Å². The number of rotatable bonds is 3. The van der Waals surface area contributed by atoms with Crippen LogP contribution in [-0.2, 0) is 0 Å². The third kappa shape index (κ3) is 2.86. The minimum Gasteiger partial charge on any atom is -0.337 e. The molecule has 0 aliphatic heterocycles. The molecule has 0 bridgehead atoms.